The van der Waals surface area contributed by atoms with Gasteiger partial charge in [0, 0.05) is 64.2 Å². The summed E-state index contributed by atoms with van der Waals surface area (Å²) in [6.07, 6.45) is 2.25. The maximum atomic E-state index is 12.8. The lowest BCUT2D eigenvalue weighted by atomic mass is 10.2. The summed E-state index contributed by atoms with van der Waals surface area (Å²) in [6, 6.07) is 1.54. The van der Waals surface area contributed by atoms with E-state index in [1.165, 1.54) is 23.9 Å². The number of aromatic nitrogens is 2. The monoisotopic (exact) mass is 427 g/mol. The molecule has 1 saturated heterocycles. The Morgan fingerprint density at radius 1 is 1.39 bits per heavy atom. The SMILES string of the molecule is COCCc1nsc(N2CCNC(=O)CCN(C(=O)c3ccoc3Cl)CC2)n1. The third kappa shape index (κ3) is 5.21. The summed E-state index contributed by atoms with van der Waals surface area (Å²) in [4.78, 5) is 33.0. The van der Waals surface area contributed by atoms with Crippen LogP contribution >= 0.6 is 23.1 Å². The molecule has 1 N–H and O–H groups in total. The van der Waals surface area contributed by atoms with Gasteiger partial charge in [-0.3, -0.25) is 9.59 Å². The van der Waals surface area contributed by atoms with E-state index in [4.69, 9.17) is 20.8 Å². The van der Waals surface area contributed by atoms with E-state index in [-0.39, 0.29) is 23.5 Å². The van der Waals surface area contributed by atoms with Gasteiger partial charge in [-0.05, 0) is 17.7 Å². The Labute approximate surface area is 171 Å². The number of nitrogens with one attached hydrogen (secondary N) is 1. The van der Waals surface area contributed by atoms with Crippen molar-refractivity contribution in [1.82, 2.24) is 19.6 Å². The highest BCUT2D eigenvalue weighted by Gasteiger charge is 2.23. The lowest BCUT2D eigenvalue weighted by Gasteiger charge is -2.29. The average molecular weight is 428 g/mol. The van der Waals surface area contributed by atoms with Crippen molar-refractivity contribution in [2.45, 2.75) is 12.8 Å². The quantitative estimate of drug-likeness (QED) is 0.770. The largest absolute Gasteiger partial charge is 0.452 e. The van der Waals surface area contributed by atoms with Crippen LogP contribution in [0, 0.1) is 0 Å². The first-order chi connectivity index (χ1) is 13.6. The van der Waals surface area contributed by atoms with E-state index in [1.807, 2.05) is 4.90 Å². The second kappa shape index (κ2) is 9.85. The Morgan fingerprint density at radius 2 is 2.25 bits per heavy atom. The highest BCUT2D eigenvalue weighted by atomic mass is 35.5. The highest BCUT2D eigenvalue weighted by molar-refractivity contribution is 7.09. The number of nitrogens with zero attached hydrogens (tertiary/aromatic N) is 4. The molecule has 9 nitrogen and oxygen atoms in total. The van der Waals surface area contributed by atoms with E-state index < -0.39 is 0 Å². The van der Waals surface area contributed by atoms with Crippen LogP contribution < -0.4 is 10.2 Å². The summed E-state index contributed by atoms with van der Waals surface area (Å²) in [5.74, 6) is 0.363. The number of hydrogen-bond acceptors (Lipinski definition) is 8. The van der Waals surface area contributed by atoms with Crippen molar-refractivity contribution < 1.29 is 18.7 Å². The molecule has 0 spiro atoms. The average Bonchev–Trinajstić information content (AvgIpc) is 3.33. The Morgan fingerprint density at radius 3 is 3.00 bits per heavy atom. The van der Waals surface area contributed by atoms with E-state index >= 15 is 0 Å². The van der Waals surface area contributed by atoms with Crippen LogP contribution in [0.15, 0.2) is 16.7 Å². The summed E-state index contributed by atoms with van der Waals surface area (Å²) in [5, 5.41) is 3.68. The lowest BCUT2D eigenvalue weighted by Crippen LogP contribution is -2.45. The first kappa shape index (κ1) is 20.6. The number of carbonyl (C=O) groups is 2. The molecule has 0 bridgehead atoms. The number of amides is 2. The highest BCUT2D eigenvalue weighted by Crippen LogP contribution is 2.20. The summed E-state index contributed by atoms with van der Waals surface area (Å²) in [7, 11) is 1.64. The van der Waals surface area contributed by atoms with Crippen molar-refractivity contribution in [3.05, 3.63) is 28.9 Å². The fraction of sp³-hybridized carbons (Fsp3) is 0.529. The maximum Gasteiger partial charge on any atom is 0.258 e. The van der Waals surface area contributed by atoms with Crippen molar-refractivity contribution in [3.63, 3.8) is 0 Å². The van der Waals surface area contributed by atoms with Gasteiger partial charge < -0.3 is 24.3 Å². The normalized spacial score (nSPS) is 16.1. The summed E-state index contributed by atoms with van der Waals surface area (Å²) in [6.45, 7) is 2.94. The number of hydrogen-bond donors (Lipinski definition) is 1. The molecule has 11 heteroatoms. The lowest BCUT2D eigenvalue weighted by molar-refractivity contribution is -0.121. The van der Waals surface area contributed by atoms with Crippen LogP contribution in [0.1, 0.15) is 22.6 Å². The summed E-state index contributed by atoms with van der Waals surface area (Å²) >= 11 is 7.25. The van der Waals surface area contributed by atoms with Gasteiger partial charge in [0.2, 0.25) is 16.3 Å². The minimum atomic E-state index is -0.259. The molecule has 2 aromatic rings. The maximum absolute atomic E-state index is 12.8. The molecule has 0 unspecified atom stereocenters. The predicted octanol–water partition coefficient (Wildman–Crippen LogP) is 1.44. The molecule has 28 heavy (non-hydrogen) atoms. The van der Waals surface area contributed by atoms with Crippen molar-refractivity contribution in [2.24, 2.45) is 0 Å². The molecule has 3 rings (SSSR count). The van der Waals surface area contributed by atoms with Gasteiger partial charge in [0.05, 0.1) is 18.4 Å². The summed E-state index contributed by atoms with van der Waals surface area (Å²) < 4.78 is 14.4. The molecule has 152 valence electrons. The topological polar surface area (TPSA) is 101 Å². The van der Waals surface area contributed by atoms with Gasteiger partial charge in [0.1, 0.15) is 5.82 Å². The number of methoxy groups -OCH3 is 1. The summed E-state index contributed by atoms with van der Waals surface area (Å²) in [5.41, 5.74) is 0.295. The van der Waals surface area contributed by atoms with Gasteiger partial charge >= 0.3 is 0 Å². The molecule has 2 aromatic heterocycles. The Balaban J connectivity index is 1.73. The molecule has 0 radical (unpaired) electrons. The fourth-order valence-corrected chi connectivity index (χ4v) is 3.76. The van der Waals surface area contributed by atoms with Gasteiger partial charge in [-0.15, -0.1) is 0 Å². The van der Waals surface area contributed by atoms with Crippen LogP contribution in [-0.4, -0.2) is 72.5 Å². The van der Waals surface area contributed by atoms with Crippen molar-refractivity contribution in [1.29, 1.82) is 0 Å². The van der Waals surface area contributed by atoms with Gasteiger partial charge in [-0.2, -0.15) is 4.37 Å². The molecule has 3 heterocycles. The smallest absolute Gasteiger partial charge is 0.258 e. The number of ether oxygens (including phenoxy) is 1. The minimum Gasteiger partial charge on any atom is -0.452 e. The van der Waals surface area contributed by atoms with E-state index in [2.05, 4.69) is 14.7 Å². The Bertz CT molecular complexity index is 811. The van der Waals surface area contributed by atoms with Gasteiger partial charge in [-0.1, -0.05) is 0 Å². The van der Waals surface area contributed by atoms with Crippen LogP contribution in [-0.2, 0) is 16.0 Å². The number of halogens is 1. The van der Waals surface area contributed by atoms with Crippen molar-refractivity contribution in [3.8, 4) is 0 Å². The van der Waals surface area contributed by atoms with Crippen LogP contribution in [0.5, 0.6) is 0 Å². The van der Waals surface area contributed by atoms with E-state index in [9.17, 15) is 9.59 Å². The van der Waals surface area contributed by atoms with Gasteiger partial charge in [0.15, 0.2) is 0 Å². The zero-order chi connectivity index (χ0) is 19.9. The van der Waals surface area contributed by atoms with Crippen molar-refractivity contribution in [2.75, 3.05) is 51.3 Å². The van der Waals surface area contributed by atoms with Crippen LogP contribution in [0.25, 0.3) is 0 Å². The third-order valence-corrected chi connectivity index (χ3v) is 5.45. The molecular weight excluding hydrogens is 406 g/mol. The molecular formula is C17H22ClN5O4S. The van der Waals surface area contributed by atoms with E-state index in [1.54, 1.807) is 12.0 Å². The van der Waals surface area contributed by atoms with Crippen LogP contribution in [0.3, 0.4) is 0 Å². The molecule has 1 fully saturated rings. The third-order valence-electron chi connectivity index (χ3n) is 4.35. The molecule has 1 aliphatic heterocycles. The Hall–Kier alpha value is -2.17. The van der Waals surface area contributed by atoms with E-state index in [0.29, 0.717) is 51.3 Å². The first-order valence-corrected chi connectivity index (χ1v) is 10.1. The zero-order valence-corrected chi connectivity index (χ0v) is 17.1. The molecule has 0 atom stereocenters. The molecule has 0 saturated carbocycles. The number of furan rings is 1. The zero-order valence-electron chi connectivity index (χ0n) is 15.5. The fourth-order valence-electron chi connectivity index (χ4n) is 2.80. The predicted molar refractivity (Wildman–Crippen MR) is 105 cm³/mol. The van der Waals surface area contributed by atoms with Crippen LogP contribution in [0.2, 0.25) is 5.22 Å². The number of carbonyl (C=O) groups excluding carboxylic acids is 2. The second-order valence-electron chi connectivity index (χ2n) is 6.22. The first-order valence-electron chi connectivity index (χ1n) is 8.94. The standard InChI is InChI=1S/C17H22ClN5O4S/c1-26-10-4-13-20-17(28-21-13)23-7-5-19-14(24)2-6-22(8-9-23)16(25)12-3-11-27-15(12)18/h3,11H,2,4-10H2,1H3,(H,19,24). The van der Waals surface area contributed by atoms with Crippen molar-refractivity contribution >= 4 is 40.1 Å². The van der Waals surface area contributed by atoms with Crippen LogP contribution in [0.4, 0.5) is 5.13 Å². The Kier molecular flexibility index (Phi) is 7.24. The number of rotatable bonds is 5. The second-order valence-corrected chi connectivity index (χ2v) is 7.30. The molecule has 1 aliphatic rings. The molecule has 0 aromatic carbocycles. The number of anilines is 1. The minimum absolute atomic E-state index is 0.0512. The molecule has 0 aliphatic carbocycles. The van der Waals surface area contributed by atoms with E-state index in [0.717, 1.165) is 11.0 Å². The molecule has 2 amide bonds. The van der Waals surface area contributed by atoms with Gasteiger partial charge in [-0.25, -0.2) is 4.98 Å². The van der Waals surface area contributed by atoms with Gasteiger partial charge in [0.25, 0.3) is 5.91 Å².